The number of anilines is 1. The van der Waals surface area contributed by atoms with E-state index in [0.29, 0.717) is 28.7 Å². The average Bonchev–Trinajstić information content (AvgIpc) is 2.70. The van der Waals surface area contributed by atoms with Crippen LogP contribution >= 0.6 is 0 Å². The molecule has 3 rings (SSSR count). The highest BCUT2D eigenvalue weighted by molar-refractivity contribution is 5.82. The zero-order valence-electron chi connectivity index (χ0n) is 16.9. The molecular weight excluding hydrogens is 433 g/mol. The maximum Gasteiger partial charge on any atom is 0.416 e. The lowest BCUT2D eigenvalue weighted by Gasteiger charge is -2.16. The summed E-state index contributed by atoms with van der Waals surface area (Å²) in [4.78, 5) is 34.3. The van der Waals surface area contributed by atoms with Crippen LogP contribution in [0.1, 0.15) is 23.6 Å². The molecule has 0 aliphatic rings. The molecule has 0 amide bonds. The topological polar surface area (TPSA) is 112 Å². The molecule has 1 aromatic heterocycles. The molecule has 1 atom stereocenters. The maximum atomic E-state index is 12.8. The lowest BCUT2D eigenvalue weighted by Crippen LogP contribution is -2.28. The fraction of sp³-hybridized carbons (Fsp3) is 0.238. The fourth-order valence-corrected chi connectivity index (χ4v) is 3.00. The summed E-state index contributed by atoms with van der Waals surface area (Å²) in [7, 11) is 0. The SMILES string of the molecule is Cc1ccc2c(COC(=O)C(C)Nc3ccc(C(F)(F)F)cc3[N+](=O)[O-])cc(=O)oc2c1. The van der Waals surface area contributed by atoms with Crippen LogP contribution < -0.4 is 10.9 Å². The number of esters is 1. The molecule has 32 heavy (non-hydrogen) atoms. The third-order valence-electron chi connectivity index (χ3n) is 4.60. The van der Waals surface area contributed by atoms with Crippen LogP contribution in [0.25, 0.3) is 11.0 Å². The van der Waals surface area contributed by atoms with Gasteiger partial charge in [-0.2, -0.15) is 13.2 Å². The first kappa shape index (κ1) is 22.8. The number of hydrogen-bond donors (Lipinski definition) is 1. The Bertz CT molecular complexity index is 1250. The number of benzene rings is 2. The number of rotatable bonds is 6. The van der Waals surface area contributed by atoms with E-state index < -0.39 is 40.0 Å². The second-order valence-electron chi connectivity index (χ2n) is 7.05. The molecule has 1 unspecified atom stereocenters. The van der Waals surface area contributed by atoms with Gasteiger partial charge in [0, 0.05) is 23.1 Å². The molecule has 1 heterocycles. The first-order chi connectivity index (χ1) is 15.0. The van der Waals surface area contributed by atoms with E-state index in [9.17, 15) is 32.9 Å². The summed E-state index contributed by atoms with van der Waals surface area (Å²) in [5, 5.41) is 14.3. The molecule has 1 N–H and O–H groups in total. The number of nitrogens with zero attached hydrogens (tertiary/aromatic N) is 1. The first-order valence-electron chi connectivity index (χ1n) is 9.28. The predicted molar refractivity (Wildman–Crippen MR) is 108 cm³/mol. The molecule has 168 valence electrons. The summed E-state index contributed by atoms with van der Waals surface area (Å²) in [6, 6.07) is 7.16. The van der Waals surface area contributed by atoms with E-state index >= 15 is 0 Å². The van der Waals surface area contributed by atoms with Gasteiger partial charge in [-0.1, -0.05) is 12.1 Å². The van der Waals surface area contributed by atoms with Crippen LogP contribution in [0.4, 0.5) is 24.5 Å². The highest BCUT2D eigenvalue weighted by Crippen LogP contribution is 2.35. The standard InChI is InChI=1S/C21H17F3N2O6/c1-11-3-5-15-13(8-19(27)32-18(15)7-11)10-31-20(28)12(2)25-16-6-4-14(21(22,23)24)9-17(16)26(29)30/h3-9,12,25H,10H2,1-2H3. The van der Waals surface area contributed by atoms with Crippen LogP contribution in [-0.4, -0.2) is 16.9 Å². The number of halogens is 3. The quantitative estimate of drug-likeness (QED) is 0.253. The summed E-state index contributed by atoms with van der Waals surface area (Å²) >= 11 is 0. The van der Waals surface area contributed by atoms with Crippen molar-refractivity contribution < 1.29 is 32.0 Å². The van der Waals surface area contributed by atoms with Crippen molar-refractivity contribution in [3.05, 3.63) is 79.7 Å². The molecule has 0 fully saturated rings. The summed E-state index contributed by atoms with van der Waals surface area (Å²) in [5.74, 6) is -0.826. The third kappa shape index (κ3) is 5.05. The smallest absolute Gasteiger partial charge is 0.416 e. The van der Waals surface area contributed by atoms with Crippen LogP contribution in [0, 0.1) is 17.0 Å². The Balaban J connectivity index is 1.76. The Hall–Kier alpha value is -3.89. The third-order valence-corrected chi connectivity index (χ3v) is 4.60. The van der Waals surface area contributed by atoms with Crippen molar-refractivity contribution in [2.24, 2.45) is 0 Å². The van der Waals surface area contributed by atoms with Gasteiger partial charge in [-0.15, -0.1) is 0 Å². The summed E-state index contributed by atoms with van der Waals surface area (Å²) < 4.78 is 48.8. The average molecular weight is 450 g/mol. The number of carbonyl (C=O) groups excluding carboxylic acids is 1. The van der Waals surface area contributed by atoms with Crippen molar-refractivity contribution in [1.82, 2.24) is 0 Å². The van der Waals surface area contributed by atoms with Gasteiger partial charge in [0.05, 0.1) is 10.5 Å². The summed E-state index contributed by atoms with van der Waals surface area (Å²) in [6.45, 7) is 2.88. The second kappa shape index (κ2) is 8.69. The van der Waals surface area contributed by atoms with E-state index in [1.165, 1.54) is 13.0 Å². The number of fused-ring (bicyclic) bond motifs is 1. The number of hydrogen-bond acceptors (Lipinski definition) is 7. The molecule has 3 aromatic rings. The van der Waals surface area contributed by atoms with Crippen molar-refractivity contribution in [3.8, 4) is 0 Å². The highest BCUT2D eigenvalue weighted by atomic mass is 19.4. The Kier molecular flexibility index (Phi) is 6.19. The Morgan fingerprint density at radius 1 is 1.22 bits per heavy atom. The van der Waals surface area contributed by atoms with E-state index in [2.05, 4.69) is 5.32 Å². The number of aryl methyl sites for hydroxylation is 1. The van der Waals surface area contributed by atoms with Crippen molar-refractivity contribution in [3.63, 3.8) is 0 Å². The normalized spacial score (nSPS) is 12.4. The minimum Gasteiger partial charge on any atom is -0.459 e. The van der Waals surface area contributed by atoms with Gasteiger partial charge in [0.2, 0.25) is 0 Å². The van der Waals surface area contributed by atoms with E-state index in [-0.39, 0.29) is 12.3 Å². The highest BCUT2D eigenvalue weighted by Gasteiger charge is 2.33. The zero-order valence-corrected chi connectivity index (χ0v) is 16.9. The number of carbonyl (C=O) groups is 1. The van der Waals surface area contributed by atoms with Crippen LogP contribution in [0.2, 0.25) is 0 Å². The second-order valence-corrected chi connectivity index (χ2v) is 7.05. The van der Waals surface area contributed by atoms with E-state index in [0.717, 1.165) is 11.6 Å². The molecule has 0 aliphatic carbocycles. The molecule has 0 aliphatic heterocycles. The van der Waals surface area contributed by atoms with Gasteiger partial charge in [-0.05, 0) is 37.6 Å². The number of nitrogens with one attached hydrogen (secondary N) is 1. The Morgan fingerprint density at radius 2 is 1.94 bits per heavy atom. The minimum atomic E-state index is -4.75. The van der Waals surface area contributed by atoms with E-state index in [4.69, 9.17) is 9.15 Å². The van der Waals surface area contributed by atoms with Crippen LogP contribution in [-0.2, 0) is 22.3 Å². The molecule has 8 nitrogen and oxygen atoms in total. The van der Waals surface area contributed by atoms with Crippen molar-refractivity contribution in [1.29, 1.82) is 0 Å². The summed E-state index contributed by atoms with van der Waals surface area (Å²) in [5.41, 5.74) is -1.32. The monoisotopic (exact) mass is 450 g/mol. The van der Waals surface area contributed by atoms with Gasteiger partial charge >= 0.3 is 17.8 Å². The number of ether oxygens (including phenoxy) is 1. The van der Waals surface area contributed by atoms with Gasteiger partial charge < -0.3 is 14.5 Å². The molecule has 0 saturated heterocycles. The van der Waals surface area contributed by atoms with Gasteiger partial charge in [-0.25, -0.2) is 9.59 Å². The molecule has 11 heteroatoms. The Labute approximate surface area is 178 Å². The maximum absolute atomic E-state index is 12.8. The molecular formula is C21H17F3N2O6. The first-order valence-corrected chi connectivity index (χ1v) is 9.28. The summed E-state index contributed by atoms with van der Waals surface area (Å²) in [6.07, 6.45) is -4.75. The molecule has 0 radical (unpaired) electrons. The van der Waals surface area contributed by atoms with Crippen molar-refractivity contribution in [2.45, 2.75) is 32.7 Å². The van der Waals surface area contributed by atoms with Crippen LogP contribution in [0.3, 0.4) is 0 Å². The van der Waals surface area contributed by atoms with Gasteiger partial charge in [0.25, 0.3) is 5.69 Å². The Morgan fingerprint density at radius 3 is 2.59 bits per heavy atom. The van der Waals surface area contributed by atoms with Gasteiger partial charge in [-0.3, -0.25) is 10.1 Å². The molecule has 2 aromatic carbocycles. The zero-order chi connectivity index (χ0) is 23.6. The van der Waals surface area contributed by atoms with E-state index in [1.807, 2.05) is 6.92 Å². The molecule has 0 bridgehead atoms. The number of nitro groups is 1. The van der Waals surface area contributed by atoms with Crippen molar-refractivity contribution >= 4 is 28.3 Å². The lowest BCUT2D eigenvalue weighted by atomic mass is 10.1. The molecule has 0 saturated carbocycles. The number of alkyl halides is 3. The fourth-order valence-electron chi connectivity index (χ4n) is 3.00. The largest absolute Gasteiger partial charge is 0.459 e. The lowest BCUT2D eigenvalue weighted by molar-refractivity contribution is -0.384. The van der Waals surface area contributed by atoms with Crippen molar-refractivity contribution in [2.75, 3.05) is 5.32 Å². The van der Waals surface area contributed by atoms with E-state index in [1.54, 1.807) is 18.2 Å². The minimum absolute atomic E-state index is 0.270. The molecule has 0 spiro atoms. The number of nitro benzene ring substituents is 1. The van der Waals surface area contributed by atoms with Gasteiger partial charge in [0.15, 0.2) is 0 Å². The van der Waals surface area contributed by atoms with Crippen LogP contribution in [0.5, 0.6) is 0 Å². The van der Waals surface area contributed by atoms with Gasteiger partial charge in [0.1, 0.15) is 23.9 Å². The van der Waals surface area contributed by atoms with Crippen LogP contribution in [0.15, 0.2) is 51.7 Å². The predicted octanol–water partition coefficient (Wildman–Crippen LogP) is 4.57.